The third-order valence-corrected chi connectivity index (χ3v) is 6.32. The molecule has 1 fully saturated rings. The maximum absolute atomic E-state index is 13.3. The first-order valence-corrected chi connectivity index (χ1v) is 10.8. The van der Waals surface area contributed by atoms with Crippen molar-refractivity contribution in [1.29, 1.82) is 0 Å². The molecular weight excluding hydrogens is 392 g/mol. The monoisotopic (exact) mass is 420 g/mol. The van der Waals surface area contributed by atoms with Gasteiger partial charge in [0.15, 0.2) is 5.76 Å². The summed E-state index contributed by atoms with van der Waals surface area (Å²) in [4.78, 5) is 26.1. The van der Waals surface area contributed by atoms with Gasteiger partial charge in [0.1, 0.15) is 6.33 Å². The van der Waals surface area contributed by atoms with Gasteiger partial charge in [-0.2, -0.15) is 0 Å². The largest absolute Gasteiger partial charge is 0.360 e. The quantitative estimate of drug-likeness (QED) is 0.605. The van der Waals surface area contributed by atoms with Gasteiger partial charge in [-0.25, -0.2) is 9.97 Å². The minimum atomic E-state index is 0.151. The molecule has 8 heteroatoms. The molecule has 0 unspecified atom stereocenters. The first kappa shape index (κ1) is 20.1. The summed E-state index contributed by atoms with van der Waals surface area (Å²) in [6, 6.07) is 6.12. The highest BCUT2D eigenvalue weighted by molar-refractivity contribution is 5.22. The molecular formula is C23H28N6O2. The average molecular weight is 421 g/mol. The second-order valence-corrected chi connectivity index (χ2v) is 9.05. The molecule has 0 saturated carbocycles. The van der Waals surface area contributed by atoms with Gasteiger partial charge in [0.2, 0.25) is 0 Å². The number of likely N-dealkylation sites (tertiary alicyclic amines) is 1. The van der Waals surface area contributed by atoms with Crippen molar-refractivity contribution in [2.75, 3.05) is 20.1 Å². The van der Waals surface area contributed by atoms with Gasteiger partial charge in [0.25, 0.3) is 5.56 Å². The van der Waals surface area contributed by atoms with Crippen LogP contribution in [0.15, 0.2) is 46.2 Å². The Morgan fingerprint density at radius 3 is 2.77 bits per heavy atom. The summed E-state index contributed by atoms with van der Waals surface area (Å²) in [6.07, 6.45) is 6.50. The highest BCUT2D eigenvalue weighted by atomic mass is 16.5. The molecule has 0 radical (unpaired) electrons. The highest BCUT2D eigenvalue weighted by Gasteiger charge is 2.35. The summed E-state index contributed by atoms with van der Waals surface area (Å²) >= 11 is 0. The summed E-state index contributed by atoms with van der Waals surface area (Å²) < 4.78 is 7.34. The van der Waals surface area contributed by atoms with Crippen molar-refractivity contribution < 1.29 is 4.52 Å². The van der Waals surface area contributed by atoms with E-state index >= 15 is 0 Å². The van der Waals surface area contributed by atoms with Gasteiger partial charge >= 0.3 is 0 Å². The van der Waals surface area contributed by atoms with Crippen LogP contribution < -0.4 is 5.56 Å². The van der Waals surface area contributed by atoms with Crippen molar-refractivity contribution in [1.82, 2.24) is 29.5 Å². The van der Waals surface area contributed by atoms with E-state index in [4.69, 9.17) is 4.52 Å². The Hall–Kier alpha value is -2.84. The summed E-state index contributed by atoms with van der Waals surface area (Å²) in [5.41, 5.74) is 4.17. The fourth-order valence-corrected chi connectivity index (χ4v) is 5.11. The number of nitrogens with zero attached hydrogens (tertiary/aromatic N) is 6. The zero-order valence-electron chi connectivity index (χ0n) is 18.1. The van der Waals surface area contributed by atoms with E-state index in [1.807, 2.05) is 43.1 Å². The molecule has 0 aromatic carbocycles. The van der Waals surface area contributed by atoms with Crippen LogP contribution in [0.2, 0.25) is 0 Å². The topological polar surface area (TPSA) is 80.3 Å². The van der Waals surface area contributed by atoms with E-state index in [2.05, 4.69) is 31.0 Å². The van der Waals surface area contributed by atoms with Gasteiger partial charge in [-0.15, -0.1) is 0 Å². The van der Waals surface area contributed by atoms with Crippen LogP contribution in [-0.4, -0.2) is 49.6 Å². The SMILES string of the molecule is Cc1cc(CN(C)Cc2ccc3n(c2=O)C[C@H]2C[C@@H]3CN(Cc3cncnc3)C2)on1. The molecule has 3 aromatic rings. The molecule has 0 N–H and O–H groups in total. The van der Waals surface area contributed by atoms with Gasteiger partial charge in [0.05, 0.1) is 12.2 Å². The van der Waals surface area contributed by atoms with Crippen LogP contribution in [0.3, 0.4) is 0 Å². The number of hydrogen-bond donors (Lipinski definition) is 0. The number of piperidine rings is 1. The van der Waals surface area contributed by atoms with Crippen molar-refractivity contribution in [2.24, 2.45) is 5.92 Å². The predicted octanol–water partition coefficient (Wildman–Crippen LogP) is 2.19. The Balaban J connectivity index is 1.30. The molecule has 0 aliphatic carbocycles. The van der Waals surface area contributed by atoms with Crippen LogP contribution in [0.4, 0.5) is 0 Å². The first-order chi connectivity index (χ1) is 15.0. The number of rotatable bonds is 6. The van der Waals surface area contributed by atoms with Gasteiger partial charge < -0.3 is 9.09 Å². The van der Waals surface area contributed by atoms with Crippen LogP contribution in [0.1, 0.15) is 40.6 Å². The van der Waals surface area contributed by atoms with E-state index in [0.29, 0.717) is 24.9 Å². The Labute approximate surface area is 181 Å². The van der Waals surface area contributed by atoms with Gasteiger partial charge in [-0.3, -0.25) is 14.6 Å². The van der Waals surface area contributed by atoms with E-state index in [9.17, 15) is 4.79 Å². The van der Waals surface area contributed by atoms with E-state index in [-0.39, 0.29) is 5.56 Å². The molecule has 2 atom stereocenters. The molecule has 0 amide bonds. The number of aromatic nitrogens is 4. The fourth-order valence-electron chi connectivity index (χ4n) is 5.11. The van der Waals surface area contributed by atoms with Crippen molar-refractivity contribution in [3.05, 3.63) is 75.5 Å². The Bertz CT molecular complexity index is 1110. The van der Waals surface area contributed by atoms with Crippen molar-refractivity contribution in [3.8, 4) is 0 Å². The molecule has 1 saturated heterocycles. The van der Waals surface area contributed by atoms with E-state index in [1.165, 1.54) is 5.69 Å². The number of pyridine rings is 1. The number of aryl methyl sites for hydroxylation is 1. The Morgan fingerprint density at radius 1 is 1.16 bits per heavy atom. The van der Waals surface area contributed by atoms with Gasteiger partial charge in [-0.05, 0) is 32.4 Å². The smallest absolute Gasteiger partial charge is 0.255 e. The molecule has 162 valence electrons. The molecule has 5 heterocycles. The summed E-state index contributed by atoms with van der Waals surface area (Å²) in [6.45, 7) is 6.77. The minimum Gasteiger partial charge on any atom is -0.360 e. The highest BCUT2D eigenvalue weighted by Crippen LogP contribution is 2.35. The molecule has 0 spiro atoms. The molecule has 2 aliphatic rings. The number of fused-ring (bicyclic) bond motifs is 4. The summed E-state index contributed by atoms with van der Waals surface area (Å²) in [5, 5.41) is 3.94. The third-order valence-electron chi connectivity index (χ3n) is 6.32. The minimum absolute atomic E-state index is 0.151. The van der Waals surface area contributed by atoms with Crippen molar-refractivity contribution in [3.63, 3.8) is 0 Å². The lowest BCUT2D eigenvalue weighted by Gasteiger charge is -2.43. The zero-order chi connectivity index (χ0) is 21.4. The van der Waals surface area contributed by atoms with Crippen LogP contribution in [0.25, 0.3) is 0 Å². The third kappa shape index (κ3) is 4.31. The fraction of sp³-hybridized carbons (Fsp3) is 0.478. The lowest BCUT2D eigenvalue weighted by molar-refractivity contribution is 0.114. The maximum Gasteiger partial charge on any atom is 0.255 e. The molecule has 31 heavy (non-hydrogen) atoms. The second-order valence-electron chi connectivity index (χ2n) is 9.05. The Morgan fingerprint density at radius 2 is 2.00 bits per heavy atom. The predicted molar refractivity (Wildman–Crippen MR) is 115 cm³/mol. The molecule has 2 bridgehead atoms. The lowest BCUT2D eigenvalue weighted by Crippen LogP contribution is -2.47. The summed E-state index contributed by atoms with van der Waals surface area (Å²) in [5.74, 6) is 1.71. The van der Waals surface area contributed by atoms with E-state index in [0.717, 1.165) is 55.2 Å². The van der Waals surface area contributed by atoms with E-state index in [1.54, 1.807) is 6.33 Å². The van der Waals surface area contributed by atoms with Crippen LogP contribution in [0.5, 0.6) is 0 Å². The zero-order valence-corrected chi connectivity index (χ0v) is 18.1. The number of hydrogen-bond acceptors (Lipinski definition) is 7. The molecule has 5 rings (SSSR count). The van der Waals surface area contributed by atoms with Crippen LogP contribution in [0, 0.1) is 12.8 Å². The van der Waals surface area contributed by atoms with E-state index < -0.39 is 0 Å². The van der Waals surface area contributed by atoms with Crippen LogP contribution >= 0.6 is 0 Å². The maximum atomic E-state index is 13.3. The average Bonchev–Trinajstić information content (AvgIpc) is 3.15. The van der Waals surface area contributed by atoms with Crippen molar-refractivity contribution in [2.45, 2.75) is 45.4 Å². The van der Waals surface area contributed by atoms with Gasteiger partial charge in [0, 0.05) is 73.9 Å². The molecule has 2 aliphatic heterocycles. The lowest BCUT2D eigenvalue weighted by atomic mass is 9.83. The first-order valence-electron chi connectivity index (χ1n) is 10.8. The van der Waals surface area contributed by atoms with Crippen LogP contribution in [-0.2, 0) is 26.2 Å². The standard InChI is InChI=1S/C23H28N6O2/c1-16-5-21(31-26-16)14-27(2)12-19-3-4-22-20-6-17(11-29(22)23(19)30)9-28(13-20)10-18-7-24-15-25-8-18/h3-5,7-8,15,17,20H,6,9-14H2,1-2H3/t17-,20+/m0/s1. The second kappa shape index (κ2) is 8.36. The van der Waals surface area contributed by atoms with Crippen molar-refractivity contribution >= 4 is 0 Å². The summed E-state index contributed by atoms with van der Waals surface area (Å²) in [7, 11) is 2.00. The normalized spacial score (nSPS) is 20.7. The molecule has 3 aromatic heterocycles. The Kier molecular flexibility index (Phi) is 5.41. The van der Waals surface area contributed by atoms with Gasteiger partial charge in [-0.1, -0.05) is 11.2 Å². The molecule has 8 nitrogen and oxygen atoms in total.